The Bertz CT molecular complexity index is 888. The summed E-state index contributed by atoms with van der Waals surface area (Å²) in [6.45, 7) is 6.19. The van der Waals surface area contributed by atoms with Gasteiger partial charge in [0.05, 0.1) is 18.5 Å². The number of hydrogen-bond donors (Lipinski definition) is 1. The lowest BCUT2D eigenvalue weighted by Gasteiger charge is -2.22. The van der Waals surface area contributed by atoms with E-state index in [2.05, 4.69) is 12.2 Å². The second-order valence-corrected chi connectivity index (χ2v) is 8.72. The molecule has 1 N–H and O–H groups in total. The molecule has 2 aromatic rings. The zero-order valence-electron chi connectivity index (χ0n) is 16.9. The van der Waals surface area contributed by atoms with E-state index in [0.717, 1.165) is 33.9 Å². The minimum absolute atomic E-state index is 0.271. The first kappa shape index (κ1) is 21.8. The van der Waals surface area contributed by atoms with E-state index in [4.69, 9.17) is 4.74 Å². The van der Waals surface area contributed by atoms with Gasteiger partial charge >= 0.3 is 0 Å². The van der Waals surface area contributed by atoms with Gasteiger partial charge in [-0.1, -0.05) is 25.1 Å². The van der Waals surface area contributed by atoms with E-state index in [1.807, 2.05) is 44.2 Å². The fourth-order valence-corrected chi connectivity index (χ4v) is 3.70. The highest BCUT2D eigenvalue weighted by atomic mass is 32.2. The van der Waals surface area contributed by atoms with Crippen molar-refractivity contribution < 1.29 is 17.9 Å². The molecular weight excluding hydrogens is 376 g/mol. The average Bonchev–Trinajstić information content (AvgIpc) is 2.62. The molecule has 6 nitrogen and oxygen atoms in total. The number of aryl methyl sites for hydroxylation is 3. The van der Waals surface area contributed by atoms with Crippen molar-refractivity contribution in [1.82, 2.24) is 5.32 Å². The van der Waals surface area contributed by atoms with Crippen molar-refractivity contribution in [2.45, 2.75) is 27.2 Å². The summed E-state index contributed by atoms with van der Waals surface area (Å²) >= 11 is 0. The summed E-state index contributed by atoms with van der Waals surface area (Å²) in [5.41, 5.74) is 3.59. The van der Waals surface area contributed by atoms with Crippen molar-refractivity contribution in [1.29, 1.82) is 0 Å². The number of anilines is 1. The molecule has 0 spiro atoms. The number of carbonyl (C=O) groups excluding carboxylic acids is 1. The predicted molar refractivity (Wildman–Crippen MR) is 112 cm³/mol. The minimum Gasteiger partial charge on any atom is -0.492 e. The summed E-state index contributed by atoms with van der Waals surface area (Å²) in [6.07, 6.45) is 2.06. The molecule has 0 aliphatic heterocycles. The van der Waals surface area contributed by atoms with Crippen LogP contribution in [0.2, 0.25) is 0 Å². The minimum atomic E-state index is -3.59. The van der Waals surface area contributed by atoms with Crippen molar-refractivity contribution in [2.75, 3.05) is 30.3 Å². The van der Waals surface area contributed by atoms with E-state index in [1.54, 1.807) is 12.1 Å². The third-order valence-electron chi connectivity index (χ3n) is 4.21. The van der Waals surface area contributed by atoms with Gasteiger partial charge in [-0.25, -0.2) is 8.42 Å². The summed E-state index contributed by atoms with van der Waals surface area (Å²) in [7, 11) is -3.59. The van der Waals surface area contributed by atoms with Gasteiger partial charge in [0.2, 0.25) is 15.9 Å². The third-order valence-corrected chi connectivity index (χ3v) is 5.35. The number of rotatable bonds is 9. The molecule has 7 heteroatoms. The summed E-state index contributed by atoms with van der Waals surface area (Å²) in [4.78, 5) is 12.3. The molecule has 0 aliphatic rings. The Hall–Kier alpha value is -2.54. The van der Waals surface area contributed by atoms with Crippen molar-refractivity contribution in [2.24, 2.45) is 0 Å². The summed E-state index contributed by atoms with van der Waals surface area (Å²) in [5.74, 6) is 0.356. The van der Waals surface area contributed by atoms with Crippen molar-refractivity contribution in [3.05, 3.63) is 59.2 Å². The van der Waals surface area contributed by atoms with E-state index in [1.165, 1.54) is 5.56 Å². The Kier molecular flexibility index (Phi) is 7.45. The lowest BCUT2D eigenvalue weighted by atomic mass is 10.1. The van der Waals surface area contributed by atoms with Crippen LogP contribution in [0.3, 0.4) is 0 Å². The van der Waals surface area contributed by atoms with Gasteiger partial charge in [-0.3, -0.25) is 9.10 Å². The van der Waals surface area contributed by atoms with Gasteiger partial charge < -0.3 is 10.1 Å². The summed E-state index contributed by atoms with van der Waals surface area (Å²) < 4.78 is 31.1. The van der Waals surface area contributed by atoms with Crippen LogP contribution in [-0.4, -0.2) is 40.3 Å². The second kappa shape index (κ2) is 9.59. The smallest absolute Gasteiger partial charge is 0.240 e. The lowest BCUT2D eigenvalue weighted by Crippen LogP contribution is -2.41. The Morgan fingerprint density at radius 1 is 1.07 bits per heavy atom. The van der Waals surface area contributed by atoms with Crippen molar-refractivity contribution in [3.63, 3.8) is 0 Å². The van der Waals surface area contributed by atoms with Gasteiger partial charge in [-0.05, 0) is 61.2 Å². The maximum atomic E-state index is 12.3. The molecule has 0 saturated heterocycles. The standard InChI is InChI=1S/C21H28N2O4S/c1-5-18-6-8-20(9-7-18)27-11-10-22-21(24)15-23(28(4,25)26)19-13-16(2)12-17(3)14-19/h6-9,12-14H,5,10-11,15H2,1-4H3,(H,22,24). The molecule has 0 aliphatic carbocycles. The van der Waals surface area contributed by atoms with Crippen LogP contribution in [0.15, 0.2) is 42.5 Å². The first-order valence-corrected chi connectivity index (χ1v) is 11.1. The van der Waals surface area contributed by atoms with E-state index in [0.29, 0.717) is 18.8 Å². The molecule has 2 aromatic carbocycles. The predicted octanol–water partition coefficient (Wildman–Crippen LogP) is 2.83. The SMILES string of the molecule is CCc1ccc(OCCNC(=O)CN(c2cc(C)cc(C)c2)S(C)(=O)=O)cc1. The number of carbonyl (C=O) groups is 1. The molecule has 0 unspecified atom stereocenters. The normalized spacial score (nSPS) is 11.1. The Morgan fingerprint density at radius 3 is 2.21 bits per heavy atom. The number of nitrogens with one attached hydrogen (secondary N) is 1. The summed E-state index contributed by atoms with van der Waals surface area (Å²) in [5, 5.41) is 2.71. The highest BCUT2D eigenvalue weighted by Gasteiger charge is 2.21. The zero-order chi connectivity index (χ0) is 20.7. The number of amides is 1. The summed E-state index contributed by atoms with van der Waals surface area (Å²) in [6, 6.07) is 13.3. The van der Waals surface area contributed by atoms with Gasteiger partial charge in [-0.15, -0.1) is 0 Å². The van der Waals surface area contributed by atoms with Crippen molar-refractivity contribution in [3.8, 4) is 5.75 Å². The molecule has 0 atom stereocenters. The maximum absolute atomic E-state index is 12.3. The van der Waals surface area contributed by atoms with Gasteiger partial charge in [0, 0.05) is 0 Å². The molecule has 2 rings (SSSR count). The molecule has 0 radical (unpaired) electrons. The van der Waals surface area contributed by atoms with Crippen LogP contribution >= 0.6 is 0 Å². The van der Waals surface area contributed by atoms with Gasteiger partial charge in [0.1, 0.15) is 18.9 Å². The maximum Gasteiger partial charge on any atom is 0.240 e. The molecule has 0 bridgehead atoms. The molecule has 152 valence electrons. The largest absolute Gasteiger partial charge is 0.492 e. The monoisotopic (exact) mass is 404 g/mol. The molecule has 0 heterocycles. The fourth-order valence-electron chi connectivity index (χ4n) is 2.86. The van der Waals surface area contributed by atoms with E-state index in [9.17, 15) is 13.2 Å². The first-order chi connectivity index (χ1) is 13.2. The third kappa shape index (κ3) is 6.56. The Balaban J connectivity index is 1.91. The fraction of sp³-hybridized carbons (Fsp3) is 0.381. The average molecular weight is 405 g/mol. The van der Waals surface area contributed by atoms with Crippen LogP contribution in [0, 0.1) is 13.8 Å². The quantitative estimate of drug-likeness (QED) is 0.652. The van der Waals surface area contributed by atoms with Crippen LogP contribution in [0.4, 0.5) is 5.69 Å². The number of ether oxygens (including phenoxy) is 1. The van der Waals surface area contributed by atoms with Crippen molar-refractivity contribution >= 4 is 21.6 Å². The molecular formula is C21H28N2O4S. The number of nitrogens with zero attached hydrogens (tertiary/aromatic N) is 1. The van der Waals surface area contributed by atoms with Gasteiger partial charge in [0.15, 0.2) is 0 Å². The number of benzene rings is 2. The molecule has 28 heavy (non-hydrogen) atoms. The van der Waals surface area contributed by atoms with E-state index in [-0.39, 0.29) is 12.5 Å². The Morgan fingerprint density at radius 2 is 1.68 bits per heavy atom. The topological polar surface area (TPSA) is 75.7 Å². The zero-order valence-corrected chi connectivity index (χ0v) is 17.7. The Labute approximate surface area is 167 Å². The highest BCUT2D eigenvalue weighted by molar-refractivity contribution is 7.92. The van der Waals surface area contributed by atoms with Crippen LogP contribution in [0.5, 0.6) is 5.75 Å². The van der Waals surface area contributed by atoms with Gasteiger partial charge in [0.25, 0.3) is 0 Å². The molecule has 1 amide bonds. The number of sulfonamides is 1. The van der Waals surface area contributed by atoms with Crippen LogP contribution in [0.25, 0.3) is 0 Å². The van der Waals surface area contributed by atoms with E-state index < -0.39 is 10.0 Å². The molecule has 0 fully saturated rings. The van der Waals surface area contributed by atoms with E-state index >= 15 is 0 Å². The second-order valence-electron chi connectivity index (χ2n) is 6.81. The molecule has 0 saturated carbocycles. The lowest BCUT2D eigenvalue weighted by molar-refractivity contribution is -0.119. The van der Waals surface area contributed by atoms with Crippen LogP contribution in [0.1, 0.15) is 23.6 Å². The van der Waals surface area contributed by atoms with Crippen LogP contribution in [-0.2, 0) is 21.2 Å². The van der Waals surface area contributed by atoms with Crippen LogP contribution < -0.4 is 14.4 Å². The number of hydrogen-bond acceptors (Lipinski definition) is 4. The molecule has 0 aromatic heterocycles. The van der Waals surface area contributed by atoms with Gasteiger partial charge in [-0.2, -0.15) is 0 Å². The highest BCUT2D eigenvalue weighted by Crippen LogP contribution is 2.21. The first-order valence-electron chi connectivity index (χ1n) is 9.23.